The summed E-state index contributed by atoms with van der Waals surface area (Å²) >= 11 is 0. The smallest absolute Gasteiger partial charge is 0.143 e. The summed E-state index contributed by atoms with van der Waals surface area (Å²) < 4.78 is 0. The van der Waals surface area contributed by atoms with E-state index in [0.717, 1.165) is 5.56 Å². The lowest BCUT2D eigenvalue weighted by atomic mass is 9.75. The molecule has 0 spiro atoms. The molecule has 0 atom stereocenters. The molecule has 0 aliphatic heterocycles. The zero-order chi connectivity index (χ0) is 13.8. The summed E-state index contributed by atoms with van der Waals surface area (Å²) in [5, 5.41) is 0. The summed E-state index contributed by atoms with van der Waals surface area (Å²) in [7, 11) is 0. The molecule has 0 saturated heterocycles. The van der Waals surface area contributed by atoms with E-state index < -0.39 is 5.92 Å². The molecule has 1 aliphatic rings. The van der Waals surface area contributed by atoms with Crippen molar-refractivity contribution in [1.29, 1.82) is 0 Å². The van der Waals surface area contributed by atoms with Crippen LogP contribution in [0.25, 0.3) is 0 Å². The monoisotopic (exact) mass is 258 g/mol. The van der Waals surface area contributed by atoms with Crippen molar-refractivity contribution in [1.82, 2.24) is 0 Å². The number of Topliss-reactive ketones (excluding diaryl/α,β-unsaturated/α-hetero) is 3. The average Bonchev–Trinajstić information content (AvgIpc) is 2.38. The first-order chi connectivity index (χ1) is 9.08. The van der Waals surface area contributed by atoms with Crippen molar-refractivity contribution in [2.24, 2.45) is 5.92 Å². The van der Waals surface area contributed by atoms with Gasteiger partial charge < -0.3 is 4.79 Å². The van der Waals surface area contributed by atoms with Crippen LogP contribution >= 0.6 is 0 Å². The van der Waals surface area contributed by atoms with Crippen LogP contribution in [-0.4, -0.2) is 17.3 Å². The Bertz CT molecular complexity index is 472. The van der Waals surface area contributed by atoms with Crippen LogP contribution in [0.4, 0.5) is 0 Å². The number of carbonyl (C=O) groups is 3. The van der Waals surface area contributed by atoms with Crippen LogP contribution in [0.3, 0.4) is 0 Å². The van der Waals surface area contributed by atoms with Gasteiger partial charge in [0.25, 0.3) is 0 Å². The molecular formula is C16H18O3. The second-order valence-corrected chi connectivity index (χ2v) is 5.24. The van der Waals surface area contributed by atoms with Crippen LogP contribution in [0, 0.1) is 5.92 Å². The molecule has 1 saturated carbocycles. The molecule has 19 heavy (non-hydrogen) atoms. The molecule has 3 nitrogen and oxygen atoms in total. The van der Waals surface area contributed by atoms with Crippen molar-refractivity contribution in [2.45, 2.75) is 38.5 Å². The predicted octanol–water partition coefficient (Wildman–Crippen LogP) is 2.69. The maximum absolute atomic E-state index is 12.1. The van der Waals surface area contributed by atoms with Crippen LogP contribution in [0.1, 0.15) is 44.1 Å². The maximum atomic E-state index is 12.1. The molecule has 100 valence electrons. The van der Waals surface area contributed by atoms with Crippen molar-refractivity contribution in [3.63, 3.8) is 0 Å². The first-order valence-electron chi connectivity index (χ1n) is 6.67. The summed E-state index contributed by atoms with van der Waals surface area (Å²) in [6.07, 6.45) is 1.53. The lowest BCUT2D eigenvalue weighted by Crippen LogP contribution is -2.32. The lowest BCUT2D eigenvalue weighted by Gasteiger charge is -2.26. The molecule has 1 fully saturated rings. The van der Waals surface area contributed by atoms with Gasteiger partial charge >= 0.3 is 0 Å². The molecular weight excluding hydrogens is 240 g/mol. The molecule has 0 aromatic heterocycles. The highest BCUT2D eigenvalue weighted by atomic mass is 16.2. The fraction of sp³-hybridized carbons (Fsp3) is 0.438. The van der Waals surface area contributed by atoms with E-state index in [2.05, 4.69) is 0 Å². The van der Waals surface area contributed by atoms with Crippen molar-refractivity contribution < 1.29 is 14.4 Å². The molecule has 0 bridgehead atoms. The van der Waals surface area contributed by atoms with Gasteiger partial charge in [0, 0.05) is 19.3 Å². The van der Waals surface area contributed by atoms with E-state index in [1.54, 1.807) is 0 Å². The predicted molar refractivity (Wildman–Crippen MR) is 71.8 cm³/mol. The third-order valence-electron chi connectivity index (χ3n) is 3.73. The van der Waals surface area contributed by atoms with Gasteiger partial charge in [0.2, 0.25) is 0 Å². The van der Waals surface area contributed by atoms with Crippen molar-refractivity contribution >= 4 is 17.3 Å². The quantitative estimate of drug-likeness (QED) is 0.780. The molecule has 1 aromatic carbocycles. The van der Waals surface area contributed by atoms with E-state index in [4.69, 9.17) is 0 Å². The fourth-order valence-corrected chi connectivity index (χ4v) is 2.65. The van der Waals surface area contributed by atoms with E-state index >= 15 is 0 Å². The number of benzene rings is 1. The highest BCUT2D eigenvalue weighted by molar-refractivity contribution is 6.05. The Morgan fingerprint density at radius 1 is 1.11 bits per heavy atom. The Balaban J connectivity index is 2.04. The van der Waals surface area contributed by atoms with Crippen LogP contribution in [0.2, 0.25) is 0 Å². The fourth-order valence-electron chi connectivity index (χ4n) is 2.65. The SMILES string of the molecule is CC(=O)CCC1C(=O)CC(c2ccccc2)CC1=O. The Morgan fingerprint density at radius 3 is 2.21 bits per heavy atom. The third kappa shape index (κ3) is 3.37. The van der Waals surface area contributed by atoms with Gasteiger partial charge in [0.1, 0.15) is 17.3 Å². The Hall–Kier alpha value is -1.77. The van der Waals surface area contributed by atoms with E-state index in [1.165, 1.54) is 6.92 Å². The lowest BCUT2D eigenvalue weighted by molar-refractivity contribution is -0.136. The Morgan fingerprint density at radius 2 is 1.68 bits per heavy atom. The highest BCUT2D eigenvalue weighted by Crippen LogP contribution is 2.33. The van der Waals surface area contributed by atoms with Crippen molar-refractivity contribution in [3.8, 4) is 0 Å². The number of rotatable bonds is 4. The zero-order valence-electron chi connectivity index (χ0n) is 11.1. The Labute approximate surface area is 113 Å². The number of carbonyl (C=O) groups excluding carboxylic acids is 3. The second kappa shape index (κ2) is 5.91. The molecule has 0 unspecified atom stereocenters. The van der Waals surface area contributed by atoms with E-state index in [-0.39, 0.29) is 23.3 Å². The minimum absolute atomic E-state index is 0.00801. The van der Waals surface area contributed by atoms with Gasteiger partial charge in [-0.1, -0.05) is 30.3 Å². The molecule has 0 heterocycles. The van der Waals surface area contributed by atoms with Crippen LogP contribution in [0.5, 0.6) is 0 Å². The molecule has 1 aromatic rings. The van der Waals surface area contributed by atoms with Gasteiger partial charge in [-0.2, -0.15) is 0 Å². The van der Waals surface area contributed by atoms with Gasteiger partial charge in [-0.15, -0.1) is 0 Å². The van der Waals surface area contributed by atoms with Crippen LogP contribution in [-0.2, 0) is 14.4 Å². The largest absolute Gasteiger partial charge is 0.300 e. The van der Waals surface area contributed by atoms with Gasteiger partial charge in [0.15, 0.2) is 0 Å². The summed E-state index contributed by atoms with van der Waals surface area (Å²) in [6.45, 7) is 1.49. The van der Waals surface area contributed by atoms with Crippen LogP contribution in [0.15, 0.2) is 30.3 Å². The number of hydrogen-bond acceptors (Lipinski definition) is 3. The van der Waals surface area contributed by atoms with Gasteiger partial charge in [0.05, 0.1) is 5.92 Å². The molecule has 2 rings (SSSR count). The number of hydrogen-bond donors (Lipinski definition) is 0. The summed E-state index contributed by atoms with van der Waals surface area (Å²) in [5.41, 5.74) is 1.05. The van der Waals surface area contributed by atoms with E-state index in [0.29, 0.717) is 25.7 Å². The molecule has 0 N–H and O–H groups in total. The second-order valence-electron chi connectivity index (χ2n) is 5.24. The average molecular weight is 258 g/mol. The standard InChI is InChI=1S/C16H18O3/c1-11(17)7-8-14-15(18)9-13(10-16(14)19)12-5-3-2-4-6-12/h2-6,13-14H,7-10H2,1H3. The number of ketones is 3. The summed E-state index contributed by atoms with van der Waals surface area (Å²) in [6, 6.07) is 9.69. The van der Waals surface area contributed by atoms with E-state index in [9.17, 15) is 14.4 Å². The van der Waals surface area contributed by atoms with E-state index in [1.807, 2.05) is 30.3 Å². The first kappa shape index (κ1) is 13.7. The minimum Gasteiger partial charge on any atom is -0.300 e. The molecule has 3 heteroatoms. The zero-order valence-corrected chi connectivity index (χ0v) is 11.1. The topological polar surface area (TPSA) is 51.2 Å². The van der Waals surface area contributed by atoms with Crippen molar-refractivity contribution in [3.05, 3.63) is 35.9 Å². The summed E-state index contributed by atoms with van der Waals surface area (Å²) in [4.78, 5) is 35.1. The minimum atomic E-state index is -0.552. The summed E-state index contributed by atoms with van der Waals surface area (Å²) in [5.74, 6) is -0.526. The van der Waals surface area contributed by atoms with Gasteiger partial charge in [-0.3, -0.25) is 9.59 Å². The normalized spacial score (nSPS) is 23.4. The highest BCUT2D eigenvalue weighted by Gasteiger charge is 2.35. The third-order valence-corrected chi connectivity index (χ3v) is 3.73. The van der Waals surface area contributed by atoms with Crippen molar-refractivity contribution in [2.75, 3.05) is 0 Å². The molecule has 0 amide bonds. The maximum Gasteiger partial charge on any atom is 0.143 e. The van der Waals surface area contributed by atoms with Gasteiger partial charge in [-0.25, -0.2) is 0 Å². The van der Waals surface area contributed by atoms with Crippen LogP contribution < -0.4 is 0 Å². The van der Waals surface area contributed by atoms with Gasteiger partial charge in [-0.05, 0) is 24.8 Å². The Kier molecular flexibility index (Phi) is 4.25. The molecule has 0 radical (unpaired) electrons. The molecule has 1 aliphatic carbocycles. The first-order valence-corrected chi connectivity index (χ1v) is 6.67.